The lowest BCUT2D eigenvalue weighted by molar-refractivity contribution is -0.394. The second-order valence-electron chi connectivity index (χ2n) is 5.43. The van der Waals surface area contributed by atoms with E-state index in [0.717, 1.165) is 29.8 Å². The van der Waals surface area contributed by atoms with Gasteiger partial charge in [0, 0.05) is 23.1 Å². The number of pyridine rings is 1. The van der Waals surface area contributed by atoms with Gasteiger partial charge in [0.2, 0.25) is 0 Å². The molecule has 0 aliphatic carbocycles. The van der Waals surface area contributed by atoms with Gasteiger partial charge in [-0.05, 0) is 12.1 Å². The van der Waals surface area contributed by atoms with Crippen molar-refractivity contribution >= 4 is 46.1 Å². The molecule has 1 aromatic heterocycles. The van der Waals surface area contributed by atoms with Crippen LogP contribution in [-0.4, -0.2) is 27.0 Å². The number of hydrogen-bond donors (Lipinski definition) is 0. The number of carbonyl (C=O) groups excluding carboxylic acids is 1. The lowest BCUT2D eigenvalue weighted by Crippen LogP contribution is -2.04. The van der Waals surface area contributed by atoms with Gasteiger partial charge in [0.25, 0.3) is 11.4 Å². The topological polar surface area (TPSA) is 138 Å². The van der Waals surface area contributed by atoms with E-state index < -0.39 is 27.2 Å². The molecule has 2 aromatic carbocycles. The molecule has 0 saturated carbocycles. The van der Waals surface area contributed by atoms with E-state index in [0.29, 0.717) is 11.1 Å². The Labute approximate surface area is 161 Å². The zero-order chi connectivity index (χ0) is 20.3. The van der Waals surface area contributed by atoms with E-state index in [1.165, 1.54) is 0 Å². The maximum atomic E-state index is 12.1. The van der Waals surface area contributed by atoms with Gasteiger partial charge in [-0.25, -0.2) is 9.78 Å². The van der Waals surface area contributed by atoms with E-state index in [9.17, 15) is 25.0 Å². The summed E-state index contributed by atoms with van der Waals surface area (Å²) in [6.07, 6.45) is 1.14. The van der Waals surface area contributed by atoms with Crippen LogP contribution in [0.3, 0.4) is 0 Å². The van der Waals surface area contributed by atoms with E-state index >= 15 is 0 Å². The Kier molecular flexibility index (Phi) is 5.23. The third-order valence-electron chi connectivity index (χ3n) is 3.59. The monoisotopic (exact) mass is 400 g/mol. The second kappa shape index (κ2) is 7.76. The number of benzene rings is 2. The van der Waals surface area contributed by atoms with Crippen molar-refractivity contribution in [3.05, 3.63) is 85.0 Å². The first-order valence-electron chi connectivity index (χ1n) is 7.59. The number of hydrogen-bond acceptors (Lipinski definition) is 8. The maximum Gasteiger partial charge on any atom is 0.366 e. The second-order valence-corrected chi connectivity index (χ2v) is 5.78. The Morgan fingerprint density at radius 1 is 1.07 bits per heavy atom. The predicted molar refractivity (Wildman–Crippen MR) is 99.5 cm³/mol. The first-order chi connectivity index (χ1) is 13.3. The molecule has 3 aromatic rings. The van der Waals surface area contributed by atoms with E-state index in [1.807, 2.05) is 12.1 Å². The highest BCUT2D eigenvalue weighted by molar-refractivity contribution is 6.32. The van der Waals surface area contributed by atoms with Gasteiger partial charge in [-0.15, -0.1) is 0 Å². The molecule has 0 atom stereocenters. The van der Waals surface area contributed by atoms with Gasteiger partial charge in [-0.1, -0.05) is 35.0 Å². The minimum absolute atomic E-state index is 0.129. The fourth-order valence-corrected chi connectivity index (χ4v) is 2.50. The molecule has 0 amide bonds. The summed E-state index contributed by atoms with van der Waals surface area (Å²) < 4.78 is 0. The van der Waals surface area contributed by atoms with Gasteiger partial charge in [0.05, 0.1) is 33.2 Å². The van der Waals surface area contributed by atoms with Crippen LogP contribution in [0.15, 0.2) is 53.7 Å². The average Bonchev–Trinajstić information content (AvgIpc) is 2.67. The third kappa shape index (κ3) is 4.07. The fraction of sp³-hybridized carbons (Fsp3) is 0. The summed E-state index contributed by atoms with van der Waals surface area (Å²) in [4.78, 5) is 40.9. The summed E-state index contributed by atoms with van der Waals surface area (Å²) in [5, 5.41) is 26.2. The van der Waals surface area contributed by atoms with Crippen LogP contribution < -0.4 is 0 Å². The zero-order valence-corrected chi connectivity index (χ0v) is 14.6. The number of fused-ring (bicyclic) bond motifs is 1. The summed E-state index contributed by atoms with van der Waals surface area (Å²) in [5.41, 5.74) is -0.580. The van der Waals surface area contributed by atoms with E-state index in [4.69, 9.17) is 11.6 Å². The van der Waals surface area contributed by atoms with Crippen molar-refractivity contribution in [2.24, 2.45) is 5.16 Å². The molecule has 11 heteroatoms. The smallest absolute Gasteiger partial charge is 0.313 e. The molecule has 1 heterocycles. The minimum atomic E-state index is -1.10. The number of halogens is 1. The summed E-state index contributed by atoms with van der Waals surface area (Å²) >= 11 is 6.05. The largest absolute Gasteiger partial charge is 0.366 e. The standard InChI is InChI=1S/C17H9ClN4O6/c18-16-12(5-10-3-1-2-4-15(10)20-16)9-19-28-17(23)11-6-13(21(24)25)8-14(7-11)22(26)27/h1-9H/b19-9+. The third-order valence-corrected chi connectivity index (χ3v) is 3.89. The van der Waals surface area contributed by atoms with Gasteiger partial charge in [-0.3, -0.25) is 20.2 Å². The molecule has 0 saturated heterocycles. The Morgan fingerprint density at radius 3 is 2.36 bits per heavy atom. The molecule has 0 unspecified atom stereocenters. The normalized spacial score (nSPS) is 10.9. The van der Waals surface area contributed by atoms with Crippen LogP contribution >= 0.6 is 11.6 Å². The molecule has 140 valence electrons. The van der Waals surface area contributed by atoms with Crippen LogP contribution in [0, 0.1) is 20.2 Å². The number of nitro groups is 2. The molecule has 0 N–H and O–H groups in total. The van der Waals surface area contributed by atoms with E-state index in [1.54, 1.807) is 18.2 Å². The van der Waals surface area contributed by atoms with Crippen LogP contribution in [0.1, 0.15) is 15.9 Å². The molecule has 10 nitrogen and oxygen atoms in total. The van der Waals surface area contributed by atoms with Gasteiger partial charge in [-0.2, -0.15) is 0 Å². The number of non-ortho nitro benzene ring substituents is 2. The van der Waals surface area contributed by atoms with Crippen molar-refractivity contribution in [2.45, 2.75) is 0 Å². The molecule has 0 bridgehead atoms. The Balaban J connectivity index is 1.83. The van der Waals surface area contributed by atoms with E-state index in [2.05, 4.69) is 15.0 Å². The molecule has 0 aliphatic heterocycles. The Hall–Kier alpha value is -3.92. The number of nitro benzene ring substituents is 2. The fourth-order valence-electron chi connectivity index (χ4n) is 2.31. The highest BCUT2D eigenvalue weighted by Gasteiger charge is 2.20. The first-order valence-corrected chi connectivity index (χ1v) is 7.97. The van der Waals surface area contributed by atoms with Crippen LogP contribution in [0.5, 0.6) is 0 Å². The van der Waals surface area contributed by atoms with Crippen molar-refractivity contribution < 1.29 is 19.5 Å². The summed E-state index contributed by atoms with van der Waals surface area (Å²) in [7, 11) is 0. The number of rotatable bonds is 5. The Morgan fingerprint density at radius 2 is 1.71 bits per heavy atom. The molecule has 0 radical (unpaired) electrons. The predicted octanol–water partition coefficient (Wildman–Crippen LogP) is 3.90. The molecule has 0 fully saturated rings. The van der Waals surface area contributed by atoms with Crippen LogP contribution in [0.25, 0.3) is 10.9 Å². The first kappa shape index (κ1) is 18.9. The number of para-hydroxylation sites is 1. The molecule has 0 spiro atoms. The lowest BCUT2D eigenvalue weighted by Gasteiger charge is -2.02. The van der Waals surface area contributed by atoms with Gasteiger partial charge < -0.3 is 4.84 Å². The molecule has 3 rings (SSSR count). The average molecular weight is 401 g/mol. The number of nitrogens with zero attached hydrogens (tertiary/aromatic N) is 4. The summed E-state index contributed by atoms with van der Waals surface area (Å²) in [6.45, 7) is 0. The summed E-state index contributed by atoms with van der Waals surface area (Å²) in [5.74, 6) is -1.10. The van der Waals surface area contributed by atoms with E-state index in [-0.39, 0.29) is 10.7 Å². The van der Waals surface area contributed by atoms with Crippen LogP contribution in [0.4, 0.5) is 11.4 Å². The number of carbonyl (C=O) groups is 1. The molecular weight excluding hydrogens is 392 g/mol. The number of oxime groups is 1. The van der Waals surface area contributed by atoms with Crippen molar-refractivity contribution in [3.8, 4) is 0 Å². The quantitative estimate of drug-likeness (QED) is 0.208. The van der Waals surface area contributed by atoms with Crippen molar-refractivity contribution in [3.63, 3.8) is 0 Å². The van der Waals surface area contributed by atoms with Crippen molar-refractivity contribution in [2.75, 3.05) is 0 Å². The highest BCUT2D eigenvalue weighted by Crippen LogP contribution is 2.23. The van der Waals surface area contributed by atoms with Gasteiger partial charge >= 0.3 is 5.97 Å². The molecule has 28 heavy (non-hydrogen) atoms. The van der Waals surface area contributed by atoms with Crippen LogP contribution in [-0.2, 0) is 4.84 Å². The lowest BCUT2D eigenvalue weighted by atomic mass is 10.2. The SMILES string of the molecule is O=C(O/N=C/c1cc2ccccc2nc1Cl)c1cc([N+](=O)[O-])cc([N+](=O)[O-])c1. The number of aromatic nitrogens is 1. The maximum absolute atomic E-state index is 12.1. The molecule has 0 aliphatic rings. The highest BCUT2D eigenvalue weighted by atomic mass is 35.5. The zero-order valence-electron chi connectivity index (χ0n) is 13.8. The van der Waals surface area contributed by atoms with Crippen LogP contribution in [0.2, 0.25) is 5.15 Å². The van der Waals surface area contributed by atoms with Gasteiger partial charge in [0.15, 0.2) is 0 Å². The van der Waals surface area contributed by atoms with Crippen molar-refractivity contribution in [1.29, 1.82) is 0 Å². The van der Waals surface area contributed by atoms with Gasteiger partial charge in [0.1, 0.15) is 5.15 Å². The molecular formula is C17H9ClN4O6. The summed E-state index contributed by atoms with van der Waals surface area (Å²) in [6, 6.07) is 11.3. The minimum Gasteiger partial charge on any atom is -0.313 e. The Bertz CT molecular complexity index is 1120. The van der Waals surface area contributed by atoms with Crippen molar-refractivity contribution in [1.82, 2.24) is 4.98 Å².